The van der Waals surface area contributed by atoms with E-state index in [9.17, 15) is 19.2 Å². The van der Waals surface area contributed by atoms with Gasteiger partial charge in [0.15, 0.2) is 11.6 Å². The first-order valence-electron chi connectivity index (χ1n) is 11.8. The molecule has 0 atom stereocenters. The van der Waals surface area contributed by atoms with Crippen LogP contribution in [0.25, 0.3) is 0 Å². The Bertz CT molecular complexity index is 1440. The van der Waals surface area contributed by atoms with Crippen LogP contribution in [-0.4, -0.2) is 23.1 Å². The van der Waals surface area contributed by atoms with Crippen molar-refractivity contribution in [2.24, 2.45) is 0 Å². The molecule has 2 aliphatic rings. The molecule has 184 valence electrons. The van der Waals surface area contributed by atoms with E-state index in [1.165, 1.54) is 12.2 Å². The van der Waals surface area contributed by atoms with Crippen molar-refractivity contribution in [2.45, 2.75) is 0 Å². The fourth-order valence-corrected chi connectivity index (χ4v) is 3.98. The number of carbonyl (C=O) groups excluding carboxylic acids is 4. The highest BCUT2D eigenvalue weighted by atomic mass is 16.5. The van der Waals surface area contributed by atoms with E-state index in [1.807, 2.05) is 12.1 Å². The molecule has 0 aromatic heterocycles. The Morgan fingerprint density at radius 2 is 0.658 bits per heavy atom. The van der Waals surface area contributed by atoms with Crippen LogP contribution in [0.1, 0.15) is 31.8 Å². The Hall–Kier alpha value is -5.36. The molecular formula is C32H20O6. The molecule has 6 nitrogen and oxygen atoms in total. The van der Waals surface area contributed by atoms with E-state index in [-0.39, 0.29) is 23.1 Å². The van der Waals surface area contributed by atoms with Gasteiger partial charge in [0.2, 0.25) is 23.1 Å². The average Bonchev–Trinajstić information content (AvgIpc) is 2.97. The summed E-state index contributed by atoms with van der Waals surface area (Å²) in [6, 6.07) is 31.5. The molecule has 6 heteroatoms. The molecule has 0 bridgehead atoms. The zero-order valence-corrected chi connectivity index (χ0v) is 20.0. The Labute approximate surface area is 218 Å². The number of benzene rings is 4. The zero-order chi connectivity index (χ0) is 26.5. The number of fused-ring (bicyclic) bond motifs is 2. The van der Waals surface area contributed by atoms with Gasteiger partial charge in [-0.05, 0) is 36.4 Å². The van der Waals surface area contributed by atoms with Gasteiger partial charge >= 0.3 is 0 Å². The Kier molecular flexibility index (Phi) is 6.87. The molecule has 4 aromatic carbocycles. The third-order valence-electron chi connectivity index (χ3n) is 5.80. The lowest BCUT2D eigenvalue weighted by atomic mass is 9.84. The van der Waals surface area contributed by atoms with Crippen LogP contribution in [0.3, 0.4) is 0 Å². The second kappa shape index (κ2) is 10.7. The maximum atomic E-state index is 12.1. The van der Waals surface area contributed by atoms with Crippen LogP contribution in [0, 0.1) is 0 Å². The zero-order valence-electron chi connectivity index (χ0n) is 20.0. The highest BCUT2D eigenvalue weighted by Crippen LogP contribution is 2.27. The first kappa shape index (κ1) is 24.3. The Balaban J connectivity index is 0.000000162. The lowest BCUT2D eigenvalue weighted by Gasteiger charge is -2.16. The van der Waals surface area contributed by atoms with Crippen molar-refractivity contribution in [1.82, 2.24) is 0 Å². The van der Waals surface area contributed by atoms with Crippen LogP contribution in [0.5, 0.6) is 11.5 Å². The molecular weight excluding hydrogens is 480 g/mol. The van der Waals surface area contributed by atoms with E-state index in [1.54, 1.807) is 97.1 Å². The third kappa shape index (κ3) is 4.96. The minimum absolute atomic E-state index is 0.0641. The number of rotatable bonds is 4. The molecule has 0 N–H and O–H groups in total. The van der Waals surface area contributed by atoms with Gasteiger partial charge in [-0.1, -0.05) is 84.9 Å². The predicted molar refractivity (Wildman–Crippen MR) is 140 cm³/mol. The summed E-state index contributed by atoms with van der Waals surface area (Å²) < 4.78 is 11.1. The minimum atomic E-state index is -0.408. The van der Waals surface area contributed by atoms with Crippen molar-refractivity contribution in [3.8, 4) is 11.5 Å². The largest absolute Gasteiger partial charge is 0.449 e. The van der Waals surface area contributed by atoms with E-state index in [0.29, 0.717) is 33.8 Å². The van der Waals surface area contributed by atoms with Crippen molar-refractivity contribution < 1.29 is 28.7 Å². The predicted octanol–water partition coefficient (Wildman–Crippen LogP) is 5.53. The highest BCUT2D eigenvalue weighted by molar-refractivity contribution is 6.28. The number of ketones is 4. The van der Waals surface area contributed by atoms with Crippen LogP contribution >= 0.6 is 0 Å². The van der Waals surface area contributed by atoms with Gasteiger partial charge in [0.1, 0.15) is 11.5 Å². The van der Waals surface area contributed by atoms with Crippen molar-refractivity contribution in [2.75, 3.05) is 0 Å². The standard InChI is InChI=1S/C18H12O4.C14H8O2/c19-15-11-12-16(20)18(22-14-9-5-2-6-10-14)17(15)21-13-7-3-1-4-8-13;15-13-9-5-1-2-6-10(9)14(16)12-8-4-3-7-11(12)13/h1-12H;1-8H. The smallest absolute Gasteiger partial charge is 0.225 e. The van der Waals surface area contributed by atoms with E-state index in [0.717, 1.165) is 0 Å². The molecule has 4 aromatic rings. The molecule has 38 heavy (non-hydrogen) atoms. The monoisotopic (exact) mass is 500 g/mol. The summed E-state index contributed by atoms with van der Waals surface area (Å²) in [7, 11) is 0. The summed E-state index contributed by atoms with van der Waals surface area (Å²) in [6.45, 7) is 0. The van der Waals surface area contributed by atoms with Crippen LogP contribution in [0.4, 0.5) is 0 Å². The fourth-order valence-electron chi connectivity index (χ4n) is 3.98. The fraction of sp³-hybridized carbons (Fsp3) is 0. The number of allylic oxidation sites excluding steroid dienone is 2. The average molecular weight is 501 g/mol. The van der Waals surface area contributed by atoms with Crippen LogP contribution < -0.4 is 9.47 Å². The summed E-state index contributed by atoms with van der Waals surface area (Å²) in [6.07, 6.45) is 2.36. The minimum Gasteiger partial charge on any atom is -0.449 e. The molecule has 0 spiro atoms. The van der Waals surface area contributed by atoms with Gasteiger partial charge in [-0.15, -0.1) is 0 Å². The number of hydrogen-bond donors (Lipinski definition) is 0. The van der Waals surface area contributed by atoms with Gasteiger partial charge in [0.05, 0.1) is 0 Å². The SMILES string of the molecule is O=C1C=CC(=O)C(Oc2ccccc2)=C1Oc1ccccc1.O=C1c2ccccc2C(=O)c2ccccc21. The Morgan fingerprint density at radius 1 is 0.368 bits per heavy atom. The molecule has 6 rings (SSSR count). The van der Waals surface area contributed by atoms with Crippen LogP contribution in [-0.2, 0) is 9.59 Å². The maximum Gasteiger partial charge on any atom is 0.225 e. The second-order valence-electron chi connectivity index (χ2n) is 8.30. The molecule has 0 heterocycles. The van der Waals surface area contributed by atoms with E-state index in [4.69, 9.17) is 9.47 Å². The van der Waals surface area contributed by atoms with Crippen molar-refractivity contribution in [3.63, 3.8) is 0 Å². The Morgan fingerprint density at radius 3 is 0.974 bits per heavy atom. The molecule has 0 saturated carbocycles. The summed E-state index contributed by atoms with van der Waals surface area (Å²) >= 11 is 0. The number of para-hydroxylation sites is 2. The summed E-state index contributed by atoms with van der Waals surface area (Å²) in [5.74, 6) is -0.239. The number of hydrogen-bond acceptors (Lipinski definition) is 6. The molecule has 0 amide bonds. The van der Waals surface area contributed by atoms with Crippen molar-refractivity contribution >= 4 is 23.1 Å². The van der Waals surface area contributed by atoms with E-state index in [2.05, 4.69) is 0 Å². The second-order valence-corrected chi connectivity index (χ2v) is 8.30. The van der Waals surface area contributed by atoms with E-state index < -0.39 is 11.6 Å². The van der Waals surface area contributed by atoms with Gasteiger partial charge < -0.3 is 9.47 Å². The summed E-state index contributed by atoms with van der Waals surface area (Å²) in [4.78, 5) is 48.3. The molecule has 0 fully saturated rings. The van der Waals surface area contributed by atoms with Gasteiger partial charge in [-0.3, -0.25) is 19.2 Å². The molecule has 2 aliphatic carbocycles. The number of carbonyl (C=O) groups is 4. The van der Waals surface area contributed by atoms with Crippen molar-refractivity contribution in [3.05, 3.63) is 155 Å². The van der Waals surface area contributed by atoms with Crippen molar-refractivity contribution in [1.29, 1.82) is 0 Å². The lowest BCUT2D eigenvalue weighted by Crippen LogP contribution is -2.22. The van der Waals surface area contributed by atoms with E-state index >= 15 is 0 Å². The normalized spacial score (nSPS) is 13.8. The summed E-state index contributed by atoms with van der Waals surface area (Å²) in [5.41, 5.74) is 2.02. The number of ether oxygens (including phenoxy) is 2. The lowest BCUT2D eigenvalue weighted by molar-refractivity contribution is -0.118. The van der Waals surface area contributed by atoms with Crippen LogP contribution in [0.2, 0.25) is 0 Å². The summed E-state index contributed by atoms with van der Waals surface area (Å²) in [5, 5.41) is 0. The van der Waals surface area contributed by atoms with Gasteiger partial charge in [0, 0.05) is 22.3 Å². The molecule has 0 unspecified atom stereocenters. The highest BCUT2D eigenvalue weighted by Gasteiger charge is 2.29. The van der Waals surface area contributed by atoms with Gasteiger partial charge in [0.25, 0.3) is 0 Å². The molecule has 0 aliphatic heterocycles. The topological polar surface area (TPSA) is 86.7 Å². The van der Waals surface area contributed by atoms with Gasteiger partial charge in [-0.25, -0.2) is 0 Å². The third-order valence-corrected chi connectivity index (χ3v) is 5.80. The van der Waals surface area contributed by atoms with Crippen LogP contribution in [0.15, 0.2) is 133 Å². The first-order valence-corrected chi connectivity index (χ1v) is 11.8. The van der Waals surface area contributed by atoms with Gasteiger partial charge in [-0.2, -0.15) is 0 Å². The molecule has 0 radical (unpaired) electrons. The quantitative estimate of drug-likeness (QED) is 0.302. The maximum absolute atomic E-state index is 12.1. The molecule has 0 saturated heterocycles. The first-order chi connectivity index (χ1) is 18.5.